The molecule has 1 aromatic carbocycles. The predicted molar refractivity (Wildman–Crippen MR) is 90.4 cm³/mol. The summed E-state index contributed by atoms with van der Waals surface area (Å²) in [6, 6.07) is 7.47. The van der Waals surface area contributed by atoms with E-state index in [1.807, 2.05) is 24.3 Å². The van der Waals surface area contributed by atoms with Gasteiger partial charge in [0, 0.05) is 25.0 Å². The first-order chi connectivity index (χ1) is 12.2. The fourth-order valence-corrected chi connectivity index (χ4v) is 5.26. The quantitative estimate of drug-likeness (QED) is 0.916. The topological polar surface area (TPSA) is 64.6 Å². The van der Waals surface area contributed by atoms with Crippen LogP contribution in [0.25, 0.3) is 0 Å². The number of rotatable bonds is 3. The van der Waals surface area contributed by atoms with Gasteiger partial charge in [0.1, 0.15) is 11.4 Å². The van der Waals surface area contributed by atoms with Crippen LogP contribution in [0.2, 0.25) is 0 Å². The van der Waals surface area contributed by atoms with Crippen LogP contribution >= 0.6 is 0 Å². The second-order valence-corrected chi connectivity index (χ2v) is 7.90. The molecule has 5 atom stereocenters. The zero-order chi connectivity index (χ0) is 17.0. The lowest BCUT2D eigenvalue weighted by Gasteiger charge is -2.37. The highest BCUT2D eigenvalue weighted by molar-refractivity contribution is 6.00. The molecule has 2 heterocycles. The van der Waals surface area contributed by atoms with E-state index in [9.17, 15) is 9.59 Å². The number of para-hydroxylation sites is 1. The first-order valence-corrected chi connectivity index (χ1v) is 9.38. The molecule has 2 aliphatic heterocycles. The third-order valence-corrected chi connectivity index (χ3v) is 6.47. The van der Waals surface area contributed by atoms with Gasteiger partial charge < -0.3 is 14.8 Å². The van der Waals surface area contributed by atoms with Gasteiger partial charge in [-0.05, 0) is 43.7 Å². The molecule has 1 spiro atoms. The van der Waals surface area contributed by atoms with E-state index in [0.717, 1.165) is 32.3 Å². The maximum absolute atomic E-state index is 12.6. The summed E-state index contributed by atoms with van der Waals surface area (Å²) >= 11 is 0. The van der Waals surface area contributed by atoms with E-state index in [-0.39, 0.29) is 29.6 Å². The van der Waals surface area contributed by atoms with Crippen molar-refractivity contribution in [3.05, 3.63) is 29.8 Å². The Bertz CT molecular complexity index is 726. The lowest BCUT2D eigenvalue weighted by Crippen LogP contribution is -2.44. The standard InChI is InChI=1S/C20H23NO4/c22-15-10-20(25-16-6-2-1-5-13(15)16)8-7-14-17(18(14)20)19(23)21-11-12-4-3-9-24-12/h1-2,5-6,12,14,17-18H,3-4,7-11H2,(H,21,23)/t12-,14+,17+,18+,20-/m0/s1. The summed E-state index contributed by atoms with van der Waals surface area (Å²) in [6.45, 7) is 1.40. The van der Waals surface area contributed by atoms with Gasteiger partial charge in [-0.2, -0.15) is 0 Å². The van der Waals surface area contributed by atoms with Crippen LogP contribution in [0.5, 0.6) is 5.75 Å². The number of amides is 1. The number of ether oxygens (including phenoxy) is 2. The number of nitrogens with one attached hydrogen (secondary N) is 1. The van der Waals surface area contributed by atoms with Crippen LogP contribution < -0.4 is 10.1 Å². The van der Waals surface area contributed by atoms with Gasteiger partial charge in [-0.1, -0.05) is 12.1 Å². The van der Waals surface area contributed by atoms with E-state index in [0.29, 0.717) is 30.2 Å². The van der Waals surface area contributed by atoms with Gasteiger partial charge in [0.25, 0.3) is 0 Å². The molecule has 2 aliphatic carbocycles. The van der Waals surface area contributed by atoms with E-state index in [2.05, 4.69) is 5.32 Å². The van der Waals surface area contributed by atoms with Crippen LogP contribution in [0.1, 0.15) is 42.5 Å². The minimum absolute atomic E-state index is 0.00628. The van der Waals surface area contributed by atoms with Gasteiger partial charge in [0.2, 0.25) is 5.91 Å². The Morgan fingerprint density at radius 2 is 2.16 bits per heavy atom. The molecule has 5 nitrogen and oxygen atoms in total. The van der Waals surface area contributed by atoms with Gasteiger partial charge >= 0.3 is 0 Å². The zero-order valence-corrected chi connectivity index (χ0v) is 14.2. The van der Waals surface area contributed by atoms with Crippen molar-refractivity contribution in [2.75, 3.05) is 13.2 Å². The van der Waals surface area contributed by atoms with E-state index >= 15 is 0 Å². The summed E-state index contributed by atoms with van der Waals surface area (Å²) in [5.41, 5.74) is 0.207. The fraction of sp³-hybridized carbons (Fsp3) is 0.600. The highest BCUT2D eigenvalue weighted by Crippen LogP contribution is 2.65. The summed E-state index contributed by atoms with van der Waals surface area (Å²) in [5, 5.41) is 3.06. The van der Waals surface area contributed by atoms with Crippen molar-refractivity contribution in [3.63, 3.8) is 0 Å². The van der Waals surface area contributed by atoms with Gasteiger partial charge in [-0.3, -0.25) is 9.59 Å². The number of Topliss-reactive ketones (excluding diaryl/α,β-unsaturated/α-hetero) is 1. The lowest BCUT2D eigenvalue weighted by atomic mass is 9.84. The number of hydrogen-bond acceptors (Lipinski definition) is 4. The van der Waals surface area contributed by atoms with E-state index in [1.165, 1.54) is 0 Å². The lowest BCUT2D eigenvalue weighted by molar-refractivity contribution is -0.124. The monoisotopic (exact) mass is 341 g/mol. The molecular formula is C20H23NO4. The Hall–Kier alpha value is -1.88. The van der Waals surface area contributed by atoms with Crippen molar-refractivity contribution in [3.8, 4) is 5.75 Å². The third kappa shape index (κ3) is 2.40. The number of fused-ring (bicyclic) bond motifs is 3. The summed E-state index contributed by atoms with van der Waals surface area (Å²) in [6.07, 6.45) is 4.51. The molecule has 0 unspecified atom stereocenters. The highest BCUT2D eigenvalue weighted by Gasteiger charge is 2.70. The molecule has 1 aromatic rings. The molecule has 4 aliphatic rings. The van der Waals surface area contributed by atoms with Crippen molar-refractivity contribution < 1.29 is 19.1 Å². The number of ketones is 1. The Balaban J connectivity index is 1.29. The molecule has 25 heavy (non-hydrogen) atoms. The highest BCUT2D eigenvalue weighted by atomic mass is 16.5. The Morgan fingerprint density at radius 1 is 1.28 bits per heavy atom. The molecule has 5 heteroatoms. The summed E-state index contributed by atoms with van der Waals surface area (Å²) < 4.78 is 11.9. The number of carbonyl (C=O) groups excluding carboxylic acids is 2. The molecule has 1 saturated heterocycles. The number of benzene rings is 1. The average Bonchev–Trinajstić information content (AvgIpc) is 2.94. The molecule has 2 saturated carbocycles. The Labute approximate surface area is 147 Å². The Morgan fingerprint density at radius 3 is 3.00 bits per heavy atom. The normalized spacial score (nSPS) is 38.2. The largest absolute Gasteiger partial charge is 0.486 e. The second kappa shape index (κ2) is 5.56. The molecule has 5 rings (SSSR count). The predicted octanol–water partition coefficient (Wildman–Crippen LogP) is 2.34. The van der Waals surface area contributed by atoms with Crippen LogP contribution in [0.15, 0.2) is 24.3 Å². The molecule has 1 N–H and O–H groups in total. The van der Waals surface area contributed by atoms with Crippen molar-refractivity contribution in [2.24, 2.45) is 17.8 Å². The molecule has 0 aromatic heterocycles. The average molecular weight is 341 g/mol. The van der Waals surface area contributed by atoms with Crippen LogP contribution in [0, 0.1) is 17.8 Å². The third-order valence-electron chi connectivity index (χ3n) is 6.47. The number of hydrogen-bond donors (Lipinski definition) is 1. The van der Waals surface area contributed by atoms with Crippen molar-refractivity contribution in [1.29, 1.82) is 0 Å². The van der Waals surface area contributed by atoms with Crippen molar-refractivity contribution in [2.45, 2.75) is 43.8 Å². The first kappa shape index (κ1) is 15.4. The summed E-state index contributed by atoms with van der Waals surface area (Å²) in [5.74, 6) is 1.47. The first-order valence-electron chi connectivity index (χ1n) is 9.38. The molecule has 132 valence electrons. The maximum Gasteiger partial charge on any atom is 0.223 e. The zero-order valence-electron chi connectivity index (χ0n) is 14.2. The molecule has 0 bridgehead atoms. The maximum atomic E-state index is 12.6. The second-order valence-electron chi connectivity index (χ2n) is 7.90. The molecular weight excluding hydrogens is 318 g/mol. The molecule has 0 radical (unpaired) electrons. The summed E-state index contributed by atoms with van der Waals surface area (Å²) in [7, 11) is 0. The van der Waals surface area contributed by atoms with Gasteiger partial charge in [0.15, 0.2) is 5.78 Å². The van der Waals surface area contributed by atoms with E-state index < -0.39 is 5.60 Å². The molecule has 1 amide bonds. The molecule has 3 fully saturated rings. The van der Waals surface area contributed by atoms with E-state index in [4.69, 9.17) is 9.47 Å². The SMILES string of the molecule is O=C1C[C@]2(CC[C@@H]3[C@@H](C(=O)NC[C@@H]4CCCO4)[C@@H]32)Oc2ccccc21. The van der Waals surface area contributed by atoms with Gasteiger partial charge in [0.05, 0.1) is 18.1 Å². The van der Waals surface area contributed by atoms with Gasteiger partial charge in [-0.15, -0.1) is 0 Å². The minimum atomic E-state index is -0.470. The van der Waals surface area contributed by atoms with Crippen molar-refractivity contribution in [1.82, 2.24) is 5.32 Å². The minimum Gasteiger partial charge on any atom is -0.486 e. The summed E-state index contributed by atoms with van der Waals surface area (Å²) in [4.78, 5) is 25.2. The van der Waals surface area contributed by atoms with Crippen molar-refractivity contribution >= 4 is 11.7 Å². The van der Waals surface area contributed by atoms with Crippen LogP contribution in [-0.2, 0) is 9.53 Å². The van der Waals surface area contributed by atoms with Crippen LogP contribution in [-0.4, -0.2) is 36.5 Å². The van der Waals surface area contributed by atoms with Crippen LogP contribution in [0.3, 0.4) is 0 Å². The van der Waals surface area contributed by atoms with Crippen LogP contribution in [0.4, 0.5) is 0 Å². The Kier molecular flexibility index (Phi) is 3.42. The fourth-order valence-electron chi connectivity index (χ4n) is 5.26. The smallest absolute Gasteiger partial charge is 0.223 e. The van der Waals surface area contributed by atoms with Gasteiger partial charge in [-0.25, -0.2) is 0 Å². The number of carbonyl (C=O) groups is 2. The van der Waals surface area contributed by atoms with E-state index in [1.54, 1.807) is 0 Å².